The smallest absolute Gasteiger partial charge is 0.107 e. The van der Waals surface area contributed by atoms with Gasteiger partial charge in [0.2, 0.25) is 0 Å². The highest BCUT2D eigenvalue weighted by Gasteiger charge is 2.02. The Morgan fingerprint density at radius 1 is 0.680 bits per heavy atom. The monoisotopic (exact) mass is 366 g/mol. The molecule has 0 saturated carbocycles. The lowest BCUT2D eigenvalue weighted by atomic mass is 10.4. The van der Waals surface area contributed by atoms with Crippen LogP contribution in [0.15, 0.2) is 0 Å². The number of rotatable bonds is 21. The summed E-state index contributed by atoms with van der Waals surface area (Å²) in [5.74, 6) is 0. The molecule has 0 bridgehead atoms. The van der Waals surface area contributed by atoms with Gasteiger partial charge in [0, 0.05) is 26.1 Å². The minimum Gasteiger partial charge on any atom is -0.380 e. The lowest BCUT2D eigenvalue weighted by Crippen LogP contribution is -2.32. The molecule has 8 heteroatoms. The van der Waals surface area contributed by atoms with Crippen LogP contribution in [0, 0.1) is 0 Å². The third kappa shape index (κ3) is 21.6. The molecule has 0 fully saturated rings. The van der Waals surface area contributed by atoms with Crippen LogP contribution in [0.3, 0.4) is 0 Å². The third-order valence-corrected chi connectivity index (χ3v) is 3.12. The van der Waals surface area contributed by atoms with E-state index < -0.39 is 6.23 Å². The van der Waals surface area contributed by atoms with E-state index in [9.17, 15) is 5.11 Å². The van der Waals surface area contributed by atoms with Crippen molar-refractivity contribution < 1.29 is 28.8 Å². The maximum absolute atomic E-state index is 9.69. The minimum atomic E-state index is -0.560. The van der Waals surface area contributed by atoms with Crippen molar-refractivity contribution in [3.05, 3.63) is 0 Å². The zero-order chi connectivity index (χ0) is 18.4. The van der Waals surface area contributed by atoms with Gasteiger partial charge in [0.15, 0.2) is 0 Å². The van der Waals surface area contributed by atoms with Crippen molar-refractivity contribution >= 4 is 0 Å². The average Bonchev–Trinajstić information content (AvgIpc) is 2.62. The Bertz CT molecular complexity index is 249. The molecule has 8 nitrogen and oxygen atoms in total. The summed E-state index contributed by atoms with van der Waals surface area (Å²) in [5, 5.41) is 15.7. The fourth-order valence-corrected chi connectivity index (χ4v) is 1.78. The van der Waals surface area contributed by atoms with E-state index in [4.69, 9.17) is 23.7 Å². The van der Waals surface area contributed by atoms with Crippen molar-refractivity contribution in [2.45, 2.75) is 26.0 Å². The Labute approximate surface area is 152 Å². The quantitative estimate of drug-likeness (QED) is 0.193. The van der Waals surface area contributed by atoms with Gasteiger partial charge in [-0.3, -0.25) is 5.32 Å². The molecule has 0 aliphatic rings. The molecule has 3 N–H and O–H groups in total. The average molecular weight is 366 g/mol. The first-order valence-electron chi connectivity index (χ1n) is 9.26. The summed E-state index contributed by atoms with van der Waals surface area (Å²) >= 11 is 0. The van der Waals surface area contributed by atoms with Gasteiger partial charge in [0.1, 0.15) is 6.23 Å². The second kappa shape index (κ2) is 21.7. The third-order valence-electron chi connectivity index (χ3n) is 3.12. The summed E-state index contributed by atoms with van der Waals surface area (Å²) in [7, 11) is 1.89. The molecule has 25 heavy (non-hydrogen) atoms. The fraction of sp³-hybridized carbons (Fsp3) is 1.00. The molecule has 0 amide bonds. The normalized spacial score (nSPS) is 12.6. The number of nitrogens with one attached hydrogen (secondary N) is 2. The molecule has 1 atom stereocenters. The molecule has 0 rings (SSSR count). The van der Waals surface area contributed by atoms with Gasteiger partial charge in [-0.1, -0.05) is 6.92 Å². The number of aliphatic hydroxyl groups excluding tert-OH is 1. The molecule has 0 heterocycles. The number of hydrogen-bond acceptors (Lipinski definition) is 8. The van der Waals surface area contributed by atoms with E-state index in [1.807, 2.05) is 7.05 Å². The van der Waals surface area contributed by atoms with Crippen molar-refractivity contribution in [3.63, 3.8) is 0 Å². The highest BCUT2D eigenvalue weighted by atomic mass is 16.6. The van der Waals surface area contributed by atoms with Gasteiger partial charge in [-0.2, -0.15) is 0 Å². The summed E-state index contributed by atoms with van der Waals surface area (Å²) < 4.78 is 26.8. The van der Waals surface area contributed by atoms with Gasteiger partial charge in [-0.25, -0.2) is 0 Å². The van der Waals surface area contributed by atoms with Crippen molar-refractivity contribution in [2.75, 3.05) is 86.2 Å². The molecule has 0 radical (unpaired) electrons. The number of aliphatic hydroxyl groups is 1. The van der Waals surface area contributed by atoms with Gasteiger partial charge in [-0.15, -0.1) is 0 Å². The molecule has 0 aromatic heterocycles. The molecule has 0 saturated heterocycles. The maximum Gasteiger partial charge on any atom is 0.107 e. The lowest BCUT2D eigenvalue weighted by Gasteiger charge is -2.13. The van der Waals surface area contributed by atoms with E-state index >= 15 is 0 Å². The second-order valence-electron chi connectivity index (χ2n) is 5.42. The lowest BCUT2D eigenvalue weighted by molar-refractivity contribution is -0.00659. The predicted molar refractivity (Wildman–Crippen MR) is 96.9 cm³/mol. The van der Waals surface area contributed by atoms with E-state index in [0.29, 0.717) is 72.4 Å². The molecular weight excluding hydrogens is 328 g/mol. The van der Waals surface area contributed by atoms with Crippen molar-refractivity contribution in [3.8, 4) is 0 Å². The topological polar surface area (TPSA) is 90.4 Å². The van der Waals surface area contributed by atoms with Gasteiger partial charge in [0.25, 0.3) is 0 Å². The zero-order valence-corrected chi connectivity index (χ0v) is 16.0. The van der Waals surface area contributed by atoms with Crippen LogP contribution in [0.2, 0.25) is 0 Å². The second-order valence-corrected chi connectivity index (χ2v) is 5.42. The number of likely N-dealkylation sites (N-methyl/N-ethyl adjacent to an activating group) is 1. The van der Waals surface area contributed by atoms with Gasteiger partial charge in [0.05, 0.1) is 59.5 Å². The summed E-state index contributed by atoms with van der Waals surface area (Å²) in [6.07, 6.45) is 0.996. The maximum atomic E-state index is 9.69. The van der Waals surface area contributed by atoms with Crippen LogP contribution in [-0.2, 0) is 23.7 Å². The van der Waals surface area contributed by atoms with Crippen LogP contribution in [0.4, 0.5) is 0 Å². The summed E-state index contributed by atoms with van der Waals surface area (Å²) in [6, 6.07) is 0. The fourth-order valence-electron chi connectivity index (χ4n) is 1.78. The molecular formula is C17H38N2O6. The van der Waals surface area contributed by atoms with E-state index in [0.717, 1.165) is 19.6 Å². The molecule has 0 aromatic rings. The summed E-state index contributed by atoms with van der Waals surface area (Å²) in [6.45, 7) is 9.45. The standard InChI is InChI=1S/C17H38N2O6/c1-3-7-21-10-6-19-17(20)4-8-22-11-13-24-15-16-25-14-12-23-9-5-18-2/h17-20H,3-16H2,1-2H3. The highest BCUT2D eigenvalue weighted by Crippen LogP contribution is 1.90. The van der Waals surface area contributed by atoms with Crippen LogP contribution < -0.4 is 10.6 Å². The largest absolute Gasteiger partial charge is 0.380 e. The molecule has 0 spiro atoms. The van der Waals surface area contributed by atoms with Crippen molar-refractivity contribution in [1.29, 1.82) is 0 Å². The van der Waals surface area contributed by atoms with Crippen LogP contribution in [0.25, 0.3) is 0 Å². The highest BCUT2D eigenvalue weighted by molar-refractivity contribution is 4.52. The Balaban J connectivity index is 3.08. The Morgan fingerprint density at radius 2 is 1.16 bits per heavy atom. The Hall–Kier alpha value is -0.320. The van der Waals surface area contributed by atoms with Crippen molar-refractivity contribution in [2.24, 2.45) is 0 Å². The first-order valence-corrected chi connectivity index (χ1v) is 9.26. The number of hydrogen-bond donors (Lipinski definition) is 3. The summed E-state index contributed by atoms with van der Waals surface area (Å²) in [5.41, 5.74) is 0. The minimum absolute atomic E-state index is 0.494. The molecule has 152 valence electrons. The SMILES string of the molecule is CCCOCCNC(O)CCOCCOCCOCCOCCNC. The van der Waals surface area contributed by atoms with Crippen LogP contribution >= 0.6 is 0 Å². The first kappa shape index (κ1) is 24.7. The summed E-state index contributed by atoms with van der Waals surface area (Å²) in [4.78, 5) is 0. The van der Waals surface area contributed by atoms with Crippen LogP contribution in [0.1, 0.15) is 19.8 Å². The molecule has 0 aromatic carbocycles. The van der Waals surface area contributed by atoms with Crippen molar-refractivity contribution in [1.82, 2.24) is 10.6 Å². The Kier molecular flexibility index (Phi) is 21.4. The van der Waals surface area contributed by atoms with E-state index in [1.165, 1.54) is 0 Å². The van der Waals surface area contributed by atoms with Crippen LogP contribution in [-0.4, -0.2) is 97.5 Å². The predicted octanol–water partition coefficient (Wildman–Crippen LogP) is -0.00310. The molecule has 0 aliphatic heterocycles. The van der Waals surface area contributed by atoms with E-state index in [2.05, 4.69) is 17.6 Å². The van der Waals surface area contributed by atoms with Crippen LogP contribution in [0.5, 0.6) is 0 Å². The van der Waals surface area contributed by atoms with Gasteiger partial charge < -0.3 is 34.1 Å². The van der Waals surface area contributed by atoms with Gasteiger partial charge in [-0.05, 0) is 13.5 Å². The Morgan fingerprint density at radius 3 is 1.72 bits per heavy atom. The van der Waals surface area contributed by atoms with E-state index in [1.54, 1.807) is 0 Å². The first-order chi connectivity index (χ1) is 12.3. The van der Waals surface area contributed by atoms with Gasteiger partial charge >= 0.3 is 0 Å². The number of ether oxygens (including phenoxy) is 5. The molecule has 0 aliphatic carbocycles. The zero-order valence-electron chi connectivity index (χ0n) is 16.0. The molecule has 1 unspecified atom stereocenters. The van der Waals surface area contributed by atoms with E-state index in [-0.39, 0.29) is 0 Å².